The third-order valence-electron chi connectivity index (χ3n) is 6.09. The van der Waals surface area contributed by atoms with Crippen LogP contribution in [0.15, 0.2) is 54.6 Å². The van der Waals surface area contributed by atoms with Crippen molar-refractivity contribution >= 4 is 41.9 Å². The lowest BCUT2D eigenvalue weighted by molar-refractivity contribution is 0.112. The first-order valence-electron chi connectivity index (χ1n) is 11.6. The smallest absolute Gasteiger partial charge is 0.356 e. The van der Waals surface area contributed by atoms with Crippen molar-refractivity contribution in [2.24, 2.45) is 0 Å². The Morgan fingerprint density at radius 2 is 1.41 bits per heavy atom. The van der Waals surface area contributed by atoms with E-state index in [1.54, 1.807) is 17.0 Å². The number of rotatable bonds is 7. The van der Waals surface area contributed by atoms with Crippen molar-refractivity contribution in [3.05, 3.63) is 71.3 Å². The van der Waals surface area contributed by atoms with E-state index in [-0.39, 0.29) is 5.30 Å². The Kier molecular flexibility index (Phi) is 7.40. The van der Waals surface area contributed by atoms with Gasteiger partial charge in [-0.05, 0) is 56.3 Å². The Morgan fingerprint density at radius 1 is 0.838 bits per heavy atom. The van der Waals surface area contributed by atoms with Gasteiger partial charge < -0.3 is 19.6 Å². The Bertz CT molecular complexity index is 1520. The molecule has 0 unspecified atom stereocenters. The highest BCUT2D eigenvalue weighted by atomic mass is 32.1. The molecule has 0 bridgehead atoms. The van der Waals surface area contributed by atoms with Crippen LogP contribution in [0.5, 0.6) is 0 Å². The standard InChI is InChI=1S/C28H30N3O4PS/c1-17-11-18(2)13-19(12-17)28-29-26(23-9-7-21(30(3)4)14-20(23)16-32)27(37-28)24-10-8-22(31(5)6)15-25(24)36(33,34)35/h7-16H,1-6H3,(H2,33,34,35). The maximum Gasteiger partial charge on any atom is 0.356 e. The molecule has 192 valence electrons. The van der Waals surface area contributed by atoms with E-state index in [0.717, 1.165) is 28.7 Å². The van der Waals surface area contributed by atoms with Crippen LogP contribution in [0.25, 0.3) is 32.3 Å². The van der Waals surface area contributed by atoms with Gasteiger partial charge in [0, 0.05) is 61.8 Å². The summed E-state index contributed by atoms with van der Waals surface area (Å²) in [6, 6.07) is 16.8. The highest BCUT2D eigenvalue weighted by molar-refractivity contribution is 7.60. The molecule has 0 radical (unpaired) electrons. The van der Waals surface area contributed by atoms with E-state index in [0.29, 0.717) is 38.0 Å². The summed E-state index contributed by atoms with van der Waals surface area (Å²) in [5, 5.41) is 0.631. The number of aromatic nitrogens is 1. The van der Waals surface area contributed by atoms with Crippen molar-refractivity contribution in [2.45, 2.75) is 13.8 Å². The second kappa shape index (κ2) is 10.2. The van der Waals surface area contributed by atoms with Gasteiger partial charge in [-0.2, -0.15) is 0 Å². The predicted molar refractivity (Wildman–Crippen MR) is 154 cm³/mol. The number of aldehydes is 1. The van der Waals surface area contributed by atoms with Gasteiger partial charge in [0.25, 0.3) is 0 Å². The van der Waals surface area contributed by atoms with Gasteiger partial charge in [0.2, 0.25) is 0 Å². The Morgan fingerprint density at radius 3 is 1.95 bits per heavy atom. The maximum atomic E-state index is 12.7. The number of aryl methyl sites for hydroxylation is 2. The van der Waals surface area contributed by atoms with Gasteiger partial charge in [-0.3, -0.25) is 9.36 Å². The summed E-state index contributed by atoms with van der Waals surface area (Å²) >= 11 is 1.36. The number of thiazole rings is 1. The Labute approximate surface area is 221 Å². The number of nitrogens with zero attached hydrogens (tertiary/aromatic N) is 3. The molecule has 37 heavy (non-hydrogen) atoms. The van der Waals surface area contributed by atoms with E-state index >= 15 is 0 Å². The molecule has 0 atom stereocenters. The number of anilines is 2. The van der Waals surface area contributed by atoms with Crippen LogP contribution in [0.3, 0.4) is 0 Å². The number of carbonyl (C=O) groups excluding carboxylic acids is 1. The maximum absolute atomic E-state index is 12.7. The van der Waals surface area contributed by atoms with E-state index in [4.69, 9.17) is 4.98 Å². The van der Waals surface area contributed by atoms with E-state index in [9.17, 15) is 19.1 Å². The summed E-state index contributed by atoms with van der Waals surface area (Å²) in [4.78, 5) is 42.0. The number of benzene rings is 3. The van der Waals surface area contributed by atoms with Crippen LogP contribution in [-0.4, -0.2) is 49.2 Å². The largest absolute Gasteiger partial charge is 0.378 e. The molecule has 4 rings (SSSR count). The molecule has 0 spiro atoms. The monoisotopic (exact) mass is 535 g/mol. The second-order valence-corrected chi connectivity index (χ2v) is 12.1. The van der Waals surface area contributed by atoms with E-state index in [1.165, 1.54) is 17.4 Å². The fraction of sp³-hybridized carbons (Fsp3) is 0.214. The third kappa shape index (κ3) is 5.53. The van der Waals surface area contributed by atoms with Gasteiger partial charge in [-0.25, -0.2) is 4.98 Å². The Hall–Kier alpha value is -3.29. The van der Waals surface area contributed by atoms with Crippen LogP contribution in [0.1, 0.15) is 21.5 Å². The summed E-state index contributed by atoms with van der Waals surface area (Å²) in [5.74, 6) is 0. The molecule has 4 aromatic rings. The molecule has 9 heteroatoms. The lowest BCUT2D eigenvalue weighted by Crippen LogP contribution is -2.14. The van der Waals surface area contributed by atoms with Gasteiger partial charge in [-0.1, -0.05) is 23.3 Å². The average molecular weight is 536 g/mol. The molecular weight excluding hydrogens is 505 g/mol. The van der Waals surface area contributed by atoms with Crippen molar-refractivity contribution in [1.82, 2.24) is 4.98 Å². The zero-order valence-electron chi connectivity index (χ0n) is 21.7. The summed E-state index contributed by atoms with van der Waals surface area (Å²) in [6.07, 6.45) is 0.793. The van der Waals surface area contributed by atoms with E-state index < -0.39 is 7.60 Å². The van der Waals surface area contributed by atoms with Crippen LogP contribution in [0, 0.1) is 13.8 Å². The predicted octanol–water partition coefficient (Wildman–Crippen LogP) is 5.51. The van der Waals surface area contributed by atoms with Crippen molar-refractivity contribution in [2.75, 3.05) is 38.0 Å². The van der Waals surface area contributed by atoms with Crippen LogP contribution in [0.4, 0.5) is 11.4 Å². The van der Waals surface area contributed by atoms with Crippen LogP contribution in [-0.2, 0) is 4.57 Å². The minimum absolute atomic E-state index is 0.0758. The quantitative estimate of drug-likeness (QED) is 0.238. The molecular formula is C28H30N3O4PS. The molecule has 7 nitrogen and oxygen atoms in total. The third-order valence-corrected chi connectivity index (χ3v) is 8.22. The van der Waals surface area contributed by atoms with E-state index in [1.807, 2.05) is 77.3 Å². The molecule has 1 heterocycles. The van der Waals surface area contributed by atoms with E-state index in [2.05, 4.69) is 6.07 Å². The minimum Gasteiger partial charge on any atom is -0.378 e. The van der Waals surface area contributed by atoms with Gasteiger partial charge in [-0.15, -0.1) is 11.3 Å². The molecule has 0 aliphatic carbocycles. The minimum atomic E-state index is -4.64. The first kappa shape index (κ1) is 26.8. The summed E-state index contributed by atoms with van der Waals surface area (Å²) in [5.41, 5.74) is 6.59. The molecule has 0 aliphatic rings. The molecule has 0 aliphatic heterocycles. The van der Waals surface area contributed by atoms with Gasteiger partial charge >= 0.3 is 7.60 Å². The highest BCUT2D eigenvalue weighted by Gasteiger charge is 2.28. The first-order chi connectivity index (χ1) is 17.4. The van der Waals surface area contributed by atoms with Gasteiger partial charge in [0.15, 0.2) is 6.29 Å². The van der Waals surface area contributed by atoms with Gasteiger partial charge in [0.05, 0.1) is 15.9 Å². The lowest BCUT2D eigenvalue weighted by atomic mass is 10.0. The van der Waals surface area contributed by atoms with Crippen molar-refractivity contribution < 1.29 is 19.1 Å². The normalized spacial score (nSPS) is 11.5. The molecule has 0 amide bonds. The first-order valence-corrected chi connectivity index (χ1v) is 14.1. The van der Waals surface area contributed by atoms with Crippen molar-refractivity contribution in [3.63, 3.8) is 0 Å². The number of carbonyl (C=O) groups is 1. The highest BCUT2D eigenvalue weighted by Crippen LogP contribution is 2.46. The number of hydrogen-bond acceptors (Lipinski definition) is 6. The summed E-state index contributed by atoms with van der Waals surface area (Å²) < 4.78 is 12.7. The zero-order valence-corrected chi connectivity index (χ0v) is 23.4. The molecule has 1 aromatic heterocycles. The van der Waals surface area contributed by atoms with Crippen molar-refractivity contribution in [3.8, 4) is 32.3 Å². The average Bonchev–Trinajstić information content (AvgIpc) is 3.27. The zero-order chi connectivity index (χ0) is 27.1. The Balaban J connectivity index is 2.06. The molecule has 0 fully saturated rings. The van der Waals surface area contributed by atoms with Crippen molar-refractivity contribution in [1.29, 1.82) is 0 Å². The molecule has 3 aromatic carbocycles. The molecule has 2 N–H and O–H groups in total. The van der Waals surface area contributed by atoms with Gasteiger partial charge in [0.1, 0.15) is 5.01 Å². The number of hydrogen-bond donors (Lipinski definition) is 2. The SMILES string of the molecule is Cc1cc(C)cc(-c2nc(-c3ccc(N(C)C)cc3C=O)c(-c3ccc(N(C)C)cc3P(=O)(O)O)s2)c1. The molecule has 0 saturated heterocycles. The fourth-order valence-corrected chi connectivity index (χ4v) is 6.26. The summed E-state index contributed by atoms with van der Waals surface area (Å²) in [6.45, 7) is 4.03. The van der Waals surface area contributed by atoms with Crippen LogP contribution in [0.2, 0.25) is 0 Å². The van der Waals surface area contributed by atoms with Crippen LogP contribution >= 0.6 is 18.9 Å². The van der Waals surface area contributed by atoms with Crippen LogP contribution < -0.4 is 15.1 Å². The lowest BCUT2D eigenvalue weighted by Gasteiger charge is -2.18. The fourth-order valence-electron chi connectivity index (χ4n) is 4.28. The molecule has 0 saturated carbocycles. The topological polar surface area (TPSA) is 94.0 Å². The summed E-state index contributed by atoms with van der Waals surface area (Å²) in [7, 11) is 2.79. The second-order valence-electron chi connectivity index (χ2n) is 9.50.